The van der Waals surface area contributed by atoms with Crippen molar-refractivity contribution in [1.29, 1.82) is 0 Å². The van der Waals surface area contributed by atoms with E-state index in [-0.39, 0.29) is 17.5 Å². The summed E-state index contributed by atoms with van der Waals surface area (Å²) in [5.74, 6) is -0.264. The van der Waals surface area contributed by atoms with Crippen LogP contribution in [0.15, 0.2) is 24.4 Å². The highest BCUT2D eigenvalue weighted by Crippen LogP contribution is 2.39. The van der Waals surface area contributed by atoms with Crippen molar-refractivity contribution < 1.29 is 36.2 Å². The van der Waals surface area contributed by atoms with Crippen LogP contribution >= 0.6 is 0 Å². The molecule has 2 aliphatic rings. The number of aromatic amines is 1. The second kappa shape index (κ2) is 9.39. The van der Waals surface area contributed by atoms with Crippen LogP contribution in [0.2, 0.25) is 0 Å². The first kappa shape index (κ1) is 23.9. The van der Waals surface area contributed by atoms with Crippen molar-refractivity contribution in [3.05, 3.63) is 52.3 Å². The third kappa shape index (κ3) is 5.93. The number of carboxylic acid groups (broad SMARTS) is 1. The molecule has 1 amide bonds. The number of halogens is 6. The molecule has 0 unspecified atom stereocenters. The van der Waals surface area contributed by atoms with Crippen molar-refractivity contribution in [3.63, 3.8) is 0 Å². The molecule has 3 N–H and O–H groups in total. The van der Waals surface area contributed by atoms with Gasteiger partial charge in [0.2, 0.25) is 0 Å². The van der Waals surface area contributed by atoms with Crippen molar-refractivity contribution >= 4 is 6.09 Å². The molecule has 0 saturated carbocycles. The number of alkyl halides is 6. The number of piperidine rings is 1. The highest BCUT2D eigenvalue weighted by atomic mass is 19.4. The van der Waals surface area contributed by atoms with Gasteiger partial charge in [-0.25, -0.2) is 4.79 Å². The summed E-state index contributed by atoms with van der Waals surface area (Å²) in [4.78, 5) is 12.0. The Bertz CT molecular complexity index is 903. The highest BCUT2D eigenvalue weighted by molar-refractivity contribution is 5.65. The summed E-state index contributed by atoms with van der Waals surface area (Å²) in [5, 5.41) is 18.4. The Morgan fingerprint density at radius 1 is 1.03 bits per heavy atom. The molecular formula is C20H22F6N4O2. The van der Waals surface area contributed by atoms with Gasteiger partial charge in [0.15, 0.2) is 0 Å². The SMILES string of the molecule is FC(F)(F)c1cc(C2CCNCC2)cc(C(F)(F)F)c1.O=C(O)N1CCc2cn[nH]c2C1. The van der Waals surface area contributed by atoms with Crippen LogP contribution in [-0.2, 0) is 25.3 Å². The normalized spacial score (nSPS) is 17.4. The lowest BCUT2D eigenvalue weighted by Crippen LogP contribution is -2.34. The summed E-state index contributed by atoms with van der Waals surface area (Å²) in [7, 11) is 0. The third-order valence-corrected chi connectivity index (χ3v) is 5.50. The van der Waals surface area contributed by atoms with Gasteiger partial charge >= 0.3 is 18.4 Å². The molecule has 0 aliphatic carbocycles. The first-order chi connectivity index (χ1) is 14.9. The standard InChI is InChI=1S/C13H13F6N.C7H9N3O2/c14-12(15,16)10-5-9(8-1-3-20-4-2-8)6-11(7-10)13(17,18)19;11-7(12)10-2-1-5-3-8-9-6(5)4-10/h5-8,20H,1-4H2;3H,1-2,4H2,(H,8,9)(H,11,12). The van der Waals surface area contributed by atoms with Gasteiger partial charge in [0.1, 0.15) is 0 Å². The van der Waals surface area contributed by atoms with E-state index in [2.05, 4.69) is 15.5 Å². The minimum Gasteiger partial charge on any atom is -0.465 e. The van der Waals surface area contributed by atoms with Gasteiger partial charge in [-0.05, 0) is 67.6 Å². The zero-order chi connectivity index (χ0) is 23.5. The van der Waals surface area contributed by atoms with Gasteiger partial charge in [-0.15, -0.1) is 0 Å². The molecular weight excluding hydrogens is 442 g/mol. The monoisotopic (exact) mass is 464 g/mol. The molecule has 0 spiro atoms. The van der Waals surface area contributed by atoms with Crippen LogP contribution < -0.4 is 5.32 Å². The van der Waals surface area contributed by atoms with Gasteiger partial charge in [0.25, 0.3) is 0 Å². The van der Waals surface area contributed by atoms with Crippen molar-refractivity contribution in [1.82, 2.24) is 20.4 Å². The number of H-pyrrole nitrogens is 1. The topological polar surface area (TPSA) is 81.2 Å². The van der Waals surface area contributed by atoms with Gasteiger partial charge in [-0.3, -0.25) is 5.10 Å². The Morgan fingerprint density at radius 3 is 2.16 bits per heavy atom. The Hall–Kier alpha value is -2.76. The van der Waals surface area contributed by atoms with E-state index in [1.54, 1.807) is 6.20 Å². The van der Waals surface area contributed by atoms with Crippen molar-refractivity contribution in [2.75, 3.05) is 19.6 Å². The molecule has 32 heavy (non-hydrogen) atoms. The van der Waals surface area contributed by atoms with E-state index in [9.17, 15) is 31.1 Å². The predicted molar refractivity (Wildman–Crippen MR) is 102 cm³/mol. The average molecular weight is 464 g/mol. The fourth-order valence-corrected chi connectivity index (χ4v) is 3.75. The number of rotatable bonds is 1. The number of aromatic nitrogens is 2. The van der Waals surface area contributed by atoms with Crippen LogP contribution in [0.5, 0.6) is 0 Å². The van der Waals surface area contributed by atoms with Crippen LogP contribution in [0.25, 0.3) is 0 Å². The maximum absolute atomic E-state index is 12.7. The lowest BCUT2D eigenvalue weighted by molar-refractivity contribution is -0.143. The first-order valence-electron chi connectivity index (χ1n) is 9.94. The second-order valence-corrected chi connectivity index (χ2v) is 7.69. The Morgan fingerprint density at radius 2 is 1.62 bits per heavy atom. The number of hydrogen-bond acceptors (Lipinski definition) is 3. The van der Waals surface area contributed by atoms with E-state index in [1.165, 1.54) is 4.90 Å². The van der Waals surface area contributed by atoms with Gasteiger partial charge in [0.05, 0.1) is 29.6 Å². The van der Waals surface area contributed by atoms with Crippen LogP contribution in [0.4, 0.5) is 31.1 Å². The van der Waals surface area contributed by atoms with Crippen LogP contribution in [0, 0.1) is 0 Å². The predicted octanol–water partition coefficient (Wildman–Crippen LogP) is 4.64. The molecule has 0 bridgehead atoms. The Labute approximate surface area is 179 Å². The zero-order valence-electron chi connectivity index (χ0n) is 16.9. The maximum atomic E-state index is 12.7. The molecule has 2 aliphatic heterocycles. The second-order valence-electron chi connectivity index (χ2n) is 7.69. The Kier molecular flexibility index (Phi) is 7.01. The van der Waals surface area contributed by atoms with Gasteiger partial charge in [-0.2, -0.15) is 31.4 Å². The smallest absolute Gasteiger partial charge is 0.416 e. The molecule has 12 heteroatoms. The highest BCUT2D eigenvalue weighted by Gasteiger charge is 2.37. The van der Waals surface area contributed by atoms with E-state index in [1.807, 2.05) is 0 Å². The van der Waals surface area contributed by atoms with Gasteiger partial charge < -0.3 is 15.3 Å². The maximum Gasteiger partial charge on any atom is 0.416 e. The lowest BCUT2D eigenvalue weighted by atomic mass is 9.88. The van der Waals surface area contributed by atoms with Crippen molar-refractivity contribution in [2.24, 2.45) is 0 Å². The molecule has 0 radical (unpaired) electrons. The van der Waals surface area contributed by atoms with Crippen LogP contribution in [0.3, 0.4) is 0 Å². The van der Waals surface area contributed by atoms with Crippen molar-refractivity contribution in [2.45, 2.75) is 44.1 Å². The fourth-order valence-electron chi connectivity index (χ4n) is 3.75. The molecule has 1 saturated heterocycles. The fraction of sp³-hybridized carbons (Fsp3) is 0.500. The summed E-state index contributed by atoms with van der Waals surface area (Å²) in [6, 6.07) is 1.85. The van der Waals surface area contributed by atoms with Gasteiger partial charge in [0, 0.05) is 6.54 Å². The minimum atomic E-state index is -4.77. The molecule has 1 fully saturated rings. The summed E-state index contributed by atoms with van der Waals surface area (Å²) < 4.78 is 76.3. The summed E-state index contributed by atoms with van der Waals surface area (Å²) in [6.07, 6.45) is -6.81. The van der Waals surface area contributed by atoms with Crippen LogP contribution in [-0.4, -0.2) is 45.9 Å². The van der Waals surface area contributed by atoms with Crippen molar-refractivity contribution in [3.8, 4) is 0 Å². The minimum absolute atomic E-state index is 0.119. The molecule has 176 valence electrons. The number of nitrogens with one attached hydrogen (secondary N) is 2. The molecule has 2 aromatic rings. The zero-order valence-corrected chi connectivity index (χ0v) is 16.9. The largest absolute Gasteiger partial charge is 0.465 e. The van der Waals surface area contributed by atoms with E-state index in [0.29, 0.717) is 39.0 Å². The number of amides is 1. The summed E-state index contributed by atoms with van der Waals surface area (Å²) >= 11 is 0. The lowest BCUT2D eigenvalue weighted by Gasteiger charge is -2.24. The van der Waals surface area contributed by atoms with Gasteiger partial charge in [-0.1, -0.05) is 0 Å². The Balaban J connectivity index is 0.000000204. The first-order valence-corrected chi connectivity index (χ1v) is 9.94. The molecule has 3 heterocycles. The van der Waals surface area contributed by atoms with E-state index < -0.39 is 29.6 Å². The van der Waals surface area contributed by atoms with E-state index in [0.717, 1.165) is 29.8 Å². The van der Waals surface area contributed by atoms with Crippen LogP contribution in [0.1, 0.15) is 46.7 Å². The molecule has 0 atom stereocenters. The number of fused-ring (bicyclic) bond motifs is 1. The quantitative estimate of drug-likeness (QED) is 0.538. The molecule has 6 nitrogen and oxygen atoms in total. The number of carbonyl (C=O) groups is 1. The molecule has 4 rings (SSSR count). The third-order valence-electron chi connectivity index (χ3n) is 5.50. The summed E-state index contributed by atoms with van der Waals surface area (Å²) in [6.45, 7) is 2.21. The number of nitrogens with zero attached hydrogens (tertiary/aromatic N) is 2. The number of hydrogen-bond donors (Lipinski definition) is 3. The number of benzene rings is 1. The average Bonchev–Trinajstić information content (AvgIpc) is 3.21. The van der Waals surface area contributed by atoms with E-state index in [4.69, 9.17) is 5.11 Å². The summed E-state index contributed by atoms with van der Waals surface area (Å²) in [5.41, 5.74) is -0.300. The molecule has 1 aromatic heterocycles. The van der Waals surface area contributed by atoms with E-state index >= 15 is 0 Å². The molecule has 1 aromatic carbocycles.